The van der Waals surface area contributed by atoms with E-state index < -0.39 is 0 Å². The van der Waals surface area contributed by atoms with Crippen molar-refractivity contribution in [3.05, 3.63) is 0 Å². The Morgan fingerprint density at radius 2 is 2.29 bits per heavy atom. The van der Waals surface area contributed by atoms with Crippen molar-refractivity contribution in [1.82, 2.24) is 20.7 Å². The molecule has 0 amide bonds. The van der Waals surface area contributed by atoms with Crippen molar-refractivity contribution in [2.75, 3.05) is 53.0 Å². The molecule has 2 unspecified atom stereocenters. The van der Waals surface area contributed by atoms with E-state index >= 15 is 0 Å². The average Bonchev–Trinajstić information content (AvgIpc) is 2.38. The summed E-state index contributed by atoms with van der Waals surface area (Å²) in [5, 5.41) is 5.99. The Morgan fingerprint density at radius 1 is 1.41 bits per heavy atom. The maximum atomic E-state index is 5.59. The summed E-state index contributed by atoms with van der Waals surface area (Å²) in [4.78, 5) is 2.41. The van der Waals surface area contributed by atoms with Gasteiger partial charge in [0.2, 0.25) is 0 Å². The van der Waals surface area contributed by atoms with Gasteiger partial charge in [0.15, 0.2) is 0 Å². The Balaban J connectivity index is 1.92. The summed E-state index contributed by atoms with van der Waals surface area (Å²) >= 11 is 0. The standard InChI is InChI=1S/C12H26N4O/c1-3-4-14-16-7-6-15(2)9-12(16)11-10-17-8-5-13-11/h11-14H,3-10H2,1-2H3. The van der Waals surface area contributed by atoms with Gasteiger partial charge >= 0.3 is 0 Å². The van der Waals surface area contributed by atoms with Crippen LogP contribution in [0.4, 0.5) is 0 Å². The van der Waals surface area contributed by atoms with Crippen molar-refractivity contribution in [3.8, 4) is 0 Å². The molecule has 2 rings (SSSR count). The summed E-state index contributed by atoms with van der Waals surface area (Å²) in [6.45, 7) is 9.28. The Labute approximate surface area is 104 Å². The fourth-order valence-electron chi connectivity index (χ4n) is 2.58. The molecule has 2 heterocycles. The molecule has 5 nitrogen and oxygen atoms in total. The molecule has 2 aliphatic heterocycles. The summed E-state index contributed by atoms with van der Waals surface area (Å²) in [5.74, 6) is 0. The second-order valence-corrected chi connectivity index (χ2v) is 5.07. The molecule has 0 aliphatic carbocycles. The number of hydrogen-bond donors (Lipinski definition) is 2. The molecule has 0 aromatic heterocycles. The van der Waals surface area contributed by atoms with Crippen LogP contribution in [0.25, 0.3) is 0 Å². The number of nitrogens with one attached hydrogen (secondary N) is 2. The average molecular weight is 242 g/mol. The van der Waals surface area contributed by atoms with E-state index in [1.165, 1.54) is 6.42 Å². The van der Waals surface area contributed by atoms with Gasteiger partial charge in [-0.3, -0.25) is 5.43 Å². The first-order valence-electron chi connectivity index (χ1n) is 6.81. The Hall–Kier alpha value is -0.200. The van der Waals surface area contributed by atoms with Crippen LogP contribution in [-0.2, 0) is 4.74 Å². The lowest BCUT2D eigenvalue weighted by atomic mass is 10.0. The minimum Gasteiger partial charge on any atom is -0.378 e. The van der Waals surface area contributed by atoms with Crippen molar-refractivity contribution in [2.24, 2.45) is 0 Å². The molecule has 0 radical (unpaired) electrons. The van der Waals surface area contributed by atoms with Crippen molar-refractivity contribution < 1.29 is 4.74 Å². The third-order valence-electron chi connectivity index (χ3n) is 3.60. The van der Waals surface area contributed by atoms with Crippen molar-refractivity contribution in [3.63, 3.8) is 0 Å². The van der Waals surface area contributed by atoms with Gasteiger partial charge in [0.25, 0.3) is 0 Å². The zero-order valence-electron chi connectivity index (χ0n) is 11.1. The highest BCUT2D eigenvalue weighted by atomic mass is 16.5. The smallest absolute Gasteiger partial charge is 0.0636 e. The van der Waals surface area contributed by atoms with Crippen molar-refractivity contribution in [2.45, 2.75) is 25.4 Å². The van der Waals surface area contributed by atoms with Crippen LogP contribution in [0, 0.1) is 0 Å². The predicted molar refractivity (Wildman–Crippen MR) is 68.9 cm³/mol. The van der Waals surface area contributed by atoms with Crippen LogP contribution in [0.5, 0.6) is 0 Å². The highest BCUT2D eigenvalue weighted by molar-refractivity contribution is 4.90. The lowest BCUT2D eigenvalue weighted by Gasteiger charge is -2.44. The van der Waals surface area contributed by atoms with Crippen LogP contribution in [0.2, 0.25) is 0 Å². The molecule has 0 aromatic rings. The summed E-state index contributed by atoms with van der Waals surface area (Å²) in [5.41, 5.74) is 3.55. The van der Waals surface area contributed by atoms with Crippen molar-refractivity contribution >= 4 is 0 Å². The van der Waals surface area contributed by atoms with E-state index in [0.29, 0.717) is 12.1 Å². The molecule has 17 heavy (non-hydrogen) atoms. The van der Waals surface area contributed by atoms with Crippen LogP contribution >= 0.6 is 0 Å². The van der Waals surface area contributed by atoms with E-state index in [-0.39, 0.29) is 0 Å². The number of hydrazine groups is 1. The number of likely N-dealkylation sites (N-methyl/N-ethyl adjacent to an activating group) is 1. The third kappa shape index (κ3) is 3.63. The van der Waals surface area contributed by atoms with Crippen LogP contribution in [0.3, 0.4) is 0 Å². The molecule has 2 saturated heterocycles. The van der Waals surface area contributed by atoms with Gasteiger partial charge in [-0.15, -0.1) is 0 Å². The Kier molecular flexibility index (Phi) is 5.18. The SMILES string of the molecule is CCCNN1CCN(C)CC1C1COCCN1. The highest BCUT2D eigenvalue weighted by Gasteiger charge is 2.32. The molecule has 0 aromatic carbocycles. The van der Waals surface area contributed by atoms with Gasteiger partial charge in [-0.2, -0.15) is 0 Å². The molecule has 0 bridgehead atoms. The molecule has 2 atom stereocenters. The molecule has 100 valence electrons. The van der Waals surface area contributed by atoms with Crippen LogP contribution in [-0.4, -0.2) is 75.0 Å². The normalized spacial score (nSPS) is 32.8. The third-order valence-corrected chi connectivity index (χ3v) is 3.60. The zero-order chi connectivity index (χ0) is 12.1. The van der Waals surface area contributed by atoms with E-state index in [2.05, 4.69) is 34.6 Å². The fraction of sp³-hybridized carbons (Fsp3) is 1.00. The lowest BCUT2D eigenvalue weighted by Crippen LogP contribution is -2.66. The van der Waals surface area contributed by atoms with Crippen LogP contribution < -0.4 is 10.7 Å². The second kappa shape index (κ2) is 6.66. The number of rotatable bonds is 4. The van der Waals surface area contributed by atoms with Gasteiger partial charge in [0.05, 0.1) is 19.3 Å². The Bertz CT molecular complexity index is 219. The quantitative estimate of drug-likeness (QED) is 0.696. The molecule has 0 saturated carbocycles. The van der Waals surface area contributed by atoms with E-state index in [4.69, 9.17) is 4.74 Å². The topological polar surface area (TPSA) is 39.8 Å². The first-order valence-corrected chi connectivity index (χ1v) is 6.81. The molecular formula is C12H26N4O. The summed E-state index contributed by atoms with van der Waals surface area (Å²) < 4.78 is 5.59. The van der Waals surface area contributed by atoms with Crippen LogP contribution in [0.15, 0.2) is 0 Å². The van der Waals surface area contributed by atoms with E-state index in [1.54, 1.807) is 0 Å². The van der Waals surface area contributed by atoms with Gasteiger partial charge in [-0.25, -0.2) is 5.01 Å². The van der Waals surface area contributed by atoms with Gasteiger partial charge in [0.1, 0.15) is 0 Å². The Morgan fingerprint density at radius 3 is 3.00 bits per heavy atom. The van der Waals surface area contributed by atoms with Gasteiger partial charge in [-0.05, 0) is 13.5 Å². The molecule has 2 fully saturated rings. The van der Waals surface area contributed by atoms with Gasteiger partial charge < -0.3 is 15.0 Å². The number of hydrogen-bond acceptors (Lipinski definition) is 5. The van der Waals surface area contributed by atoms with E-state index in [9.17, 15) is 0 Å². The number of ether oxygens (including phenoxy) is 1. The monoisotopic (exact) mass is 242 g/mol. The summed E-state index contributed by atoms with van der Waals surface area (Å²) in [6.07, 6.45) is 1.17. The zero-order valence-corrected chi connectivity index (χ0v) is 11.1. The number of morpholine rings is 1. The number of nitrogens with zero attached hydrogens (tertiary/aromatic N) is 2. The summed E-state index contributed by atoms with van der Waals surface area (Å²) in [7, 11) is 2.20. The first kappa shape index (κ1) is 13.2. The fourth-order valence-corrected chi connectivity index (χ4v) is 2.58. The number of piperazine rings is 1. The first-order chi connectivity index (χ1) is 8.31. The molecule has 5 heteroatoms. The van der Waals surface area contributed by atoms with Gasteiger partial charge in [0, 0.05) is 38.8 Å². The molecular weight excluding hydrogens is 216 g/mol. The largest absolute Gasteiger partial charge is 0.378 e. The second-order valence-electron chi connectivity index (χ2n) is 5.07. The highest BCUT2D eigenvalue weighted by Crippen LogP contribution is 2.12. The predicted octanol–water partition coefficient (Wildman–Crippen LogP) is -0.495. The minimum absolute atomic E-state index is 0.454. The van der Waals surface area contributed by atoms with Crippen molar-refractivity contribution in [1.29, 1.82) is 0 Å². The summed E-state index contributed by atoms with van der Waals surface area (Å²) in [6, 6.07) is 0.969. The van der Waals surface area contributed by atoms with Crippen LogP contribution in [0.1, 0.15) is 13.3 Å². The minimum atomic E-state index is 0.454. The van der Waals surface area contributed by atoms with E-state index in [1.807, 2.05) is 0 Å². The van der Waals surface area contributed by atoms with E-state index in [0.717, 1.165) is 45.9 Å². The maximum Gasteiger partial charge on any atom is 0.0636 e. The lowest BCUT2D eigenvalue weighted by molar-refractivity contribution is -0.0171. The maximum absolute atomic E-state index is 5.59. The van der Waals surface area contributed by atoms with Gasteiger partial charge in [-0.1, -0.05) is 6.92 Å². The molecule has 2 aliphatic rings. The molecule has 0 spiro atoms. The molecule has 2 N–H and O–H groups in total.